The highest BCUT2D eigenvalue weighted by atomic mass is 16.6. The Kier molecular flexibility index (Phi) is 3.60. The number of nitrogens with zero attached hydrogens (tertiary/aromatic N) is 1. The fourth-order valence-electron chi connectivity index (χ4n) is 2.35. The lowest BCUT2D eigenvalue weighted by atomic mass is 10.1. The summed E-state index contributed by atoms with van der Waals surface area (Å²) in [5.74, 6) is 0.357. The molecule has 0 heterocycles. The molecule has 1 N–H and O–H groups in total. The third-order valence-corrected chi connectivity index (χ3v) is 3.52. The average molecular weight is 248 g/mol. The fourth-order valence-corrected chi connectivity index (χ4v) is 2.35. The first-order chi connectivity index (χ1) is 8.58. The van der Waals surface area contributed by atoms with Crippen molar-refractivity contribution in [1.82, 2.24) is 5.32 Å². The Morgan fingerprint density at radius 2 is 2.00 bits per heavy atom. The topological polar surface area (TPSA) is 72.2 Å². The maximum absolute atomic E-state index is 11.9. The number of amides is 1. The van der Waals surface area contributed by atoms with Crippen molar-refractivity contribution in [3.8, 4) is 0 Å². The molecule has 5 heteroatoms. The molecular weight excluding hydrogens is 232 g/mol. The van der Waals surface area contributed by atoms with E-state index in [4.69, 9.17) is 0 Å². The van der Waals surface area contributed by atoms with Crippen LogP contribution < -0.4 is 5.32 Å². The van der Waals surface area contributed by atoms with E-state index in [9.17, 15) is 14.9 Å². The molecule has 0 spiro atoms. The highest BCUT2D eigenvalue weighted by Crippen LogP contribution is 2.25. The van der Waals surface area contributed by atoms with Gasteiger partial charge < -0.3 is 5.32 Å². The van der Waals surface area contributed by atoms with Crippen LogP contribution in [0.15, 0.2) is 24.3 Å². The first kappa shape index (κ1) is 12.5. The summed E-state index contributed by atoms with van der Waals surface area (Å²) in [4.78, 5) is 22.0. The Balaban J connectivity index is 2.02. The molecular formula is C13H16N2O3. The molecule has 1 aromatic carbocycles. The molecule has 18 heavy (non-hydrogen) atoms. The Labute approximate surface area is 105 Å². The number of carbonyl (C=O) groups is 1. The zero-order valence-electron chi connectivity index (χ0n) is 10.3. The van der Waals surface area contributed by atoms with Crippen molar-refractivity contribution in [2.45, 2.75) is 32.2 Å². The summed E-state index contributed by atoms with van der Waals surface area (Å²) in [5.41, 5.74) is 0.473. The van der Waals surface area contributed by atoms with E-state index in [0.717, 1.165) is 19.3 Å². The van der Waals surface area contributed by atoms with Gasteiger partial charge in [-0.1, -0.05) is 13.3 Å². The smallest absolute Gasteiger partial charge is 0.269 e. The molecule has 1 amide bonds. The monoisotopic (exact) mass is 248 g/mol. The van der Waals surface area contributed by atoms with Crippen molar-refractivity contribution in [3.63, 3.8) is 0 Å². The molecule has 0 aromatic heterocycles. The first-order valence-electron chi connectivity index (χ1n) is 6.13. The normalized spacial score (nSPS) is 22.7. The summed E-state index contributed by atoms with van der Waals surface area (Å²) in [6.45, 7) is 2.13. The Bertz CT molecular complexity index is 456. The summed E-state index contributed by atoms with van der Waals surface area (Å²) >= 11 is 0. The van der Waals surface area contributed by atoms with E-state index in [2.05, 4.69) is 12.2 Å². The van der Waals surface area contributed by atoms with E-state index in [1.54, 1.807) is 0 Å². The van der Waals surface area contributed by atoms with Crippen LogP contribution in [0.5, 0.6) is 0 Å². The Morgan fingerprint density at radius 1 is 1.33 bits per heavy atom. The van der Waals surface area contributed by atoms with Crippen molar-refractivity contribution < 1.29 is 9.72 Å². The van der Waals surface area contributed by atoms with Crippen LogP contribution >= 0.6 is 0 Å². The summed E-state index contributed by atoms with van der Waals surface area (Å²) in [6, 6.07) is 5.92. The average Bonchev–Trinajstić information content (AvgIpc) is 2.75. The van der Waals surface area contributed by atoms with Gasteiger partial charge in [0, 0.05) is 23.7 Å². The van der Waals surface area contributed by atoms with E-state index < -0.39 is 4.92 Å². The molecule has 1 fully saturated rings. The minimum atomic E-state index is -0.471. The molecule has 0 saturated heterocycles. The molecule has 0 bridgehead atoms. The maximum Gasteiger partial charge on any atom is 0.269 e. The first-order valence-corrected chi connectivity index (χ1v) is 6.13. The quantitative estimate of drug-likeness (QED) is 0.659. The molecule has 2 rings (SSSR count). The second-order valence-electron chi connectivity index (χ2n) is 4.79. The predicted octanol–water partition coefficient (Wildman–Crippen LogP) is 2.51. The van der Waals surface area contributed by atoms with Crippen LogP contribution in [0.2, 0.25) is 0 Å². The molecule has 96 valence electrons. The van der Waals surface area contributed by atoms with Gasteiger partial charge in [0.2, 0.25) is 0 Å². The van der Waals surface area contributed by atoms with Crippen molar-refractivity contribution in [2.75, 3.05) is 0 Å². The molecule has 1 aliphatic rings. The van der Waals surface area contributed by atoms with Crippen molar-refractivity contribution in [1.29, 1.82) is 0 Å². The predicted molar refractivity (Wildman–Crippen MR) is 67.4 cm³/mol. The van der Waals surface area contributed by atoms with Crippen LogP contribution in [0.25, 0.3) is 0 Å². The van der Waals surface area contributed by atoms with Crippen LogP contribution in [0.3, 0.4) is 0 Å². The highest BCUT2D eigenvalue weighted by molar-refractivity contribution is 5.94. The van der Waals surface area contributed by atoms with Gasteiger partial charge in [0.1, 0.15) is 0 Å². The number of hydrogen-bond donors (Lipinski definition) is 1. The van der Waals surface area contributed by atoms with Gasteiger partial charge in [-0.05, 0) is 30.9 Å². The number of carbonyl (C=O) groups excluding carboxylic acids is 1. The van der Waals surface area contributed by atoms with Crippen LogP contribution in [0.1, 0.15) is 36.5 Å². The van der Waals surface area contributed by atoms with Gasteiger partial charge in [0.25, 0.3) is 11.6 Å². The second kappa shape index (κ2) is 5.16. The molecule has 0 aliphatic heterocycles. The summed E-state index contributed by atoms with van der Waals surface area (Å²) in [7, 11) is 0. The molecule has 1 aromatic rings. The number of nitro benzene ring substituents is 1. The van der Waals surface area contributed by atoms with Gasteiger partial charge in [-0.3, -0.25) is 14.9 Å². The summed E-state index contributed by atoms with van der Waals surface area (Å²) in [5, 5.41) is 13.5. The summed E-state index contributed by atoms with van der Waals surface area (Å²) in [6.07, 6.45) is 3.30. The molecule has 1 saturated carbocycles. The van der Waals surface area contributed by atoms with Gasteiger partial charge in [-0.25, -0.2) is 0 Å². The Hall–Kier alpha value is -1.91. The van der Waals surface area contributed by atoms with E-state index in [0.29, 0.717) is 11.5 Å². The zero-order valence-corrected chi connectivity index (χ0v) is 10.3. The van der Waals surface area contributed by atoms with Crippen LogP contribution in [-0.2, 0) is 0 Å². The van der Waals surface area contributed by atoms with Crippen LogP contribution in [0, 0.1) is 16.0 Å². The number of nitro groups is 1. The highest BCUT2D eigenvalue weighted by Gasteiger charge is 2.25. The number of rotatable bonds is 3. The van der Waals surface area contributed by atoms with E-state index in [-0.39, 0.29) is 17.6 Å². The maximum atomic E-state index is 11.9. The Morgan fingerprint density at radius 3 is 2.50 bits per heavy atom. The second-order valence-corrected chi connectivity index (χ2v) is 4.79. The minimum absolute atomic E-state index is 0.000726. The van der Waals surface area contributed by atoms with E-state index >= 15 is 0 Å². The SMILES string of the molecule is CC1CCCC1NC(=O)c1ccc([N+](=O)[O-])cc1. The van der Waals surface area contributed by atoms with Crippen molar-refractivity contribution in [3.05, 3.63) is 39.9 Å². The zero-order chi connectivity index (χ0) is 13.1. The van der Waals surface area contributed by atoms with Gasteiger partial charge >= 0.3 is 0 Å². The molecule has 5 nitrogen and oxygen atoms in total. The van der Waals surface area contributed by atoms with Crippen molar-refractivity contribution in [2.24, 2.45) is 5.92 Å². The number of non-ortho nitro benzene ring substituents is 1. The lowest BCUT2D eigenvalue weighted by molar-refractivity contribution is -0.384. The fraction of sp³-hybridized carbons (Fsp3) is 0.462. The van der Waals surface area contributed by atoms with Crippen LogP contribution in [-0.4, -0.2) is 16.9 Å². The van der Waals surface area contributed by atoms with Crippen molar-refractivity contribution >= 4 is 11.6 Å². The van der Waals surface area contributed by atoms with E-state index in [1.165, 1.54) is 24.3 Å². The number of benzene rings is 1. The summed E-state index contributed by atoms with van der Waals surface area (Å²) < 4.78 is 0. The van der Waals surface area contributed by atoms with E-state index in [1.807, 2.05) is 0 Å². The molecule has 0 radical (unpaired) electrons. The van der Waals surface area contributed by atoms with Gasteiger partial charge in [-0.15, -0.1) is 0 Å². The third kappa shape index (κ3) is 2.67. The van der Waals surface area contributed by atoms with Gasteiger partial charge in [0.15, 0.2) is 0 Å². The van der Waals surface area contributed by atoms with Gasteiger partial charge in [-0.2, -0.15) is 0 Å². The van der Waals surface area contributed by atoms with Gasteiger partial charge in [0.05, 0.1) is 4.92 Å². The lowest BCUT2D eigenvalue weighted by Gasteiger charge is -2.17. The molecule has 2 atom stereocenters. The number of hydrogen-bond acceptors (Lipinski definition) is 3. The largest absolute Gasteiger partial charge is 0.349 e. The molecule has 1 aliphatic carbocycles. The third-order valence-electron chi connectivity index (χ3n) is 3.52. The number of nitrogens with one attached hydrogen (secondary N) is 1. The minimum Gasteiger partial charge on any atom is -0.349 e. The van der Waals surface area contributed by atoms with Crippen LogP contribution in [0.4, 0.5) is 5.69 Å². The standard InChI is InChI=1S/C13H16N2O3/c1-9-3-2-4-12(9)14-13(16)10-5-7-11(8-6-10)15(17)18/h5-9,12H,2-4H2,1H3,(H,14,16). The molecule has 2 unspecified atom stereocenters. The lowest BCUT2D eigenvalue weighted by Crippen LogP contribution is -2.36.